The summed E-state index contributed by atoms with van der Waals surface area (Å²) in [6.07, 6.45) is 0. The number of ether oxygens (including phenoxy) is 1. The van der Waals surface area contributed by atoms with Crippen molar-refractivity contribution < 1.29 is 4.74 Å². The molecule has 0 amide bonds. The molecule has 1 aromatic carbocycles. The van der Waals surface area contributed by atoms with Crippen LogP contribution in [0.1, 0.15) is 37.5 Å². The summed E-state index contributed by atoms with van der Waals surface area (Å²) in [4.78, 5) is 4.70. The molecule has 1 aromatic heterocycles. The lowest BCUT2D eigenvalue weighted by Gasteiger charge is -2.29. The zero-order valence-corrected chi connectivity index (χ0v) is 13.0. The first-order chi connectivity index (χ1) is 8.86. The standard InChI is InChI=1S/C15H21ClN2O/c1-10-6-7-13-12(8-10)17-14(11(2)16)18(13)15(3,4)9-19-5/h6-8,11H,9H2,1-5H3. The van der Waals surface area contributed by atoms with E-state index in [1.807, 2.05) is 6.92 Å². The summed E-state index contributed by atoms with van der Waals surface area (Å²) in [5.74, 6) is 0.893. The van der Waals surface area contributed by atoms with Gasteiger partial charge < -0.3 is 9.30 Å². The first-order valence-corrected chi connectivity index (χ1v) is 6.93. The molecular formula is C15H21ClN2O. The summed E-state index contributed by atoms with van der Waals surface area (Å²) in [6, 6.07) is 6.31. The van der Waals surface area contributed by atoms with Crippen molar-refractivity contribution in [3.05, 3.63) is 29.6 Å². The summed E-state index contributed by atoms with van der Waals surface area (Å²) < 4.78 is 7.54. The highest BCUT2D eigenvalue weighted by Crippen LogP contribution is 2.31. The third kappa shape index (κ3) is 2.63. The molecule has 2 aromatic rings. The van der Waals surface area contributed by atoms with Crippen molar-refractivity contribution >= 4 is 22.6 Å². The Morgan fingerprint density at radius 1 is 1.42 bits per heavy atom. The molecule has 0 N–H and O–H groups in total. The zero-order chi connectivity index (χ0) is 14.2. The first-order valence-electron chi connectivity index (χ1n) is 6.49. The SMILES string of the molecule is COCC(C)(C)n1c(C(C)Cl)nc2cc(C)ccc21. The van der Waals surface area contributed by atoms with Gasteiger partial charge in [0, 0.05) is 7.11 Å². The summed E-state index contributed by atoms with van der Waals surface area (Å²) in [6.45, 7) is 8.92. The Morgan fingerprint density at radius 2 is 2.11 bits per heavy atom. The summed E-state index contributed by atoms with van der Waals surface area (Å²) in [5.41, 5.74) is 3.12. The van der Waals surface area contributed by atoms with Crippen molar-refractivity contribution in [2.45, 2.75) is 38.6 Å². The van der Waals surface area contributed by atoms with Crippen molar-refractivity contribution in [2.75, 3.05) is 13.7 Å². The first kappa shape index (κ1) is 14.4. The molecule has 1 unspecified atom stereocenters. The van der Waals surface area contributed by atoms with E-state index in [9.17, 15) is 0 Å². The second-order valence-electron chi connectivity index (χ2n) is 5.66. The second-order valence-corrected chi connectivity index (χ2v) is 6.31. The normalized spacial score (nSPS) is 14.0. The molecule has 1 heterocycles. The highest BCUT2D eigenvalue weighted by Gasteiger charge is 2.27. The quantitative estimate of drug-likeness (QED) is 0.791. The van der Waals surface area contributed by atoms with E-state index in [0.717, 1.165) is 16.9 Å². The number of imidazole rings is 1. The maximum atomic E-state index is 6.30. The van der Waals surface area contributed by atoms with Crippen LogP contribution in [0.25, 0.3) is 11.0 Å². The molecule has 0 aliphatic heterocycles. The number of benzene rings is 1. The van der Waals surface area contributed by atoms with Gasteiger partial charge in [0.05, 0.1) is 28.6 Å². The third-order valence-corrected chi connectivity index (χ3v) is 3.49. The van der Waals surface area contributed by atoms with Gasteiger partial charge in [-0.3, -0.25) is 0 Å². The molecule has 19 heavy (non-hydrogen) atoms. The average molecular weight is 281 g/mol. The molecule has 4 heteroatoms. The molecule has 0 fully saturated rings. The van der Waals surface area contributed by atoms with Crippen LogP contribution in [-0.4, -0.2) is 23.3 Å². The number of rotatable bonds is 4. The Kier molecular flexibility index (Phi) is 3.88. The van der Waals surface area contributed by atoms with E-state index in [2.05, 4.69) is 43.5 Å². The van der Waals surface area contributed by atoms with Gasteiger partial charge in [0.2, 0.25) is 0 Å². The summed E-state index contributed by atoms with van der Waals surface area (Å²) in [5, 5.41) is -0.135. The number of aromatic nitrogens is 2. The van der Waals surface area contributed by atoms with Crippen LogP contribution >= 0.6 is 11.6 Å². The van der Waals surface area contributed by atoms with Crippen LogP contribution in [0.15, 0.2) is 18.2 Å². The van der Waals surface area contributed by atoms with Crippen LogP contribution in [0.4, 0.5) is 0 Å². The Balaban J connectivity index is 2.72. The fraction of sp³-hybridized carbons (Fsp3) is 0.533. The molecule has 104 valence electrons. The monoisotopic (exact) mass is 280 g/mol. The predicted octanol–water partition coefficient (Wildman–Crippen LogP) is 4.03. The highest BCUT2D eigenvalue weighted by molar-refractivity contribution is 6.20. The average Bonchev–Trinajstić information content (AvgIpc) is 2.67. The number of hydrogen-bond acceptors (Lipinski definition) is 2. The van der Waals surface area contributed by atoms with Crippen molar-refractivity contribution in [3.63, 3.8) is 0 Å². The number of hydrogen-bond donors (Lipinski definition) is 0. The lowest BCUT2D eigenvalue weighted by molar-refractivity contribution is 0.110. The minimum Gasteiger partial charge on any atom is -0.382 e. The molecule has 0 saturated carbocycles. The van der Waals surface area contributed by atoms with Gasteiger partial charge in [-0.2, -0.15) is 0 Å². The van der Waals surface area contributed by atoms with Gasteiger partial charge in [-0.25, -0.2) is 4.98 Å². The fourth-order valence-corrected chi connectivity index (χ4v) is 2.68. The van der Waals surface area contributed by atoms with Gasteiger partial charge in [-0.1, -0.05) is 6.07 Å². The Labute approximate surface area is 119 Å². The van der Waals surface area contributed by atoms with Gasteiger partial charge in [-0.15, -0.1) is 11.6 Å². The molecule has 3 nitrogen and oxygen atoms in total. The van der Waals surface area contributed by atoms with E-state index < -0.39 is 0 Å². The van der Waals surface area contributed by atoms with Crippen LogP contribution in [-0.2, 0) is 10.3 Å². The third-order valence-electron chi connectivity index (χ3n) is 3.29. The van der Waals surface area contributed by atoms with Gasteiger partial charge in [0.15, 0.2) is 0 Å². The fourth-order valence-electron chi connectivity index (χ4n) is 2.53. The minimum absolute atomic E-state index is 0.135. The smallest absolute Gasteiger partial charge is 0.128 e. The largest absolute Gasteiger partial charge is 0.382 e. The Bertz CT molecular complexity index is 587. The van der Waals surface area contributed by atoms with Crippen molar-refractivity contribution in [3.8, 4) is 0 Å². The van der Waals surface area contributed by atoms with Crippen molar-refractivity contribution in [2.24, 2.45) is 0 Å². The van der Waals surface area contributed by atoms with Gasteiger partial charge in [0.1, 0.15) is 5.82 Å². The topological polar surface area (TPSA) is 27.1 Å². The number of fused-ring (bicyclic) bond motifs is 1. The molecular weight excluding hydrogens is 260 g/mol. The molecule has 0 aliphatic carbocycles. The van der Waals surface area contributed by atoms with Crippen LogP contribution in [0.3, 0.4) is 0 Å². The Hall–Kier alpha value is -1.06. The van der Waals surface area contributed by atoms with E-state index in [0.29, 0.717) is 6.61 Å². The second kappa shape index (κ2) is 5.14. The van der Waals surface area contributed by atoms with Gasteiger partial charge in [0.25, 0.3) is 0 Å². The van der Waals surface area contributed by atoms with Gasteiger partial charge >= 0.3 is 0 Å². The number of alkyl halides is 1. The maximum Gasteiger partial charge on any atom is 0.128 e. The number of nitrogens with zero attached hydrogens (tertiary/aromatic N) is 2. The molecule has 0 bridgehead atoms. The zero-order valence-electron chi connectivity index (χ0n) is 12.2. The van der Waals surface area contributed by atoms with E-state index in [1.165, 1.54) is 5.56 Å². The predicted molar refractivity (Wildman–Crippen MR) is 79.9 cm³/mol. The van der Waals surface area contributed by atoms with Crippen LogP contribution < -0.4 is 0 Å². The van der Waals surface area contributed by atoms with E-state index in [1.54, 1.807) is 7.11 Å². The van der Waals surface area contributed by atoms with Crippen LogP contribution in [0.5, 0.6) is 0 Å². The van der Waals surface area contributed by atoms with Crippen molar-refractivity contribution in [1.82, 2.24) is 9.55 Å². The highest BCUT2D eigenvalue weighted by atomic mass is 35.5. The summed E-state index contributed by atoms with van der Waals surface area (Å²) >= 11 is 6.30. The van der Waals surface area contributed by atoms with E-state index >= 15 is 0 Å². The molecule has 0 aliphatic rings. The molecule has 1 atom stereocenters. The van der Waals surface area contributed by atoms with E-state index in [4.69, 9.17) is 21.3 Å². The lowest BCUT2D eigenvalue weighted by Crippen LogP contribution is -2.33. The van der Waals surface area contributed by atoms with Crippen LogP contribution in [0, 0.1) is 6.92 Å². The maximum absolute atomic E-state index is 6.30. The molecule has 0 radical (unpaired) electrons. The van der Waals surface area contributed by atoms with E-state index in [-0.39, 0.29) is 10.9 Å². The molecule has 0 spiro atoms. The van der Waals surface area contributed by atoms with Gasteiger partial charge in [-0.05, 0) is 45.4 Å². The van der Waals surface area contributed by atoms with Crippen molar-refractivity contribution in [1.29, 1.82) is 0 Å². The number of methoxy groups -OCH3 is 1. The molecule has 2 rings (SSSR count). The van der Waals surface area contributed by atoms with Crippen LogP contribution in [0.2, 0.25) is 0 Å². The lowest BCUT2D eigenvalue weighted by atomic mass is 10.1. The summed E-state index contributed by atoms with van der Waals surface area (Å²) in [7, 11) is 1.72. The molecule has 0 saturated heterocycles. The number of aryl methyl sites for hydroxylation is 1. The Morgan fingerprint density at radius 3 is 2.68 bits per heavy atom. The minimum atomic E-state index is -0.183. The number of halogens is 1.